The number of carbonyl (C=O) groups excluding carboxylic acids is 1. The molecule has 0 aliphatic heterocycles. The summed E-state index contributed by atoms with van der Waals surface area (Å²) >= 11 is 0. The Labute approximate surface area is 109 Å². The fraction of sp³-hybridized carbons (Fsp3) is 0.364. The van der Waals surface area contributed by atoms with E-state index in [1.807, 2.05) is 6.92 Å². The molecule has 0 atom stereocenters. The van der Waals surface area contributed by atoms with Crippen LogP contribution in [0, 0.1) is 0 Å². The van der Waals surface area contributed by atoms with Gasteiger partial charge in [-0.15, -0.1) is 5.10 Å². The number of aryl methyl sites for hydroxylation is 1. The summed E-state index contributed by atoms with van der Waals surface area (Å²) in [5, 5.41) is 13.6. The molecule has 0 aliphatic carbocycles. The molecule has 0 aromatic carbocycles. The number of hydrogen-bond acceptors (Lipinski definition) is 6. The smallest absolute Gasteiger partial charge is 0.233 e. The van der Waals surface area contributed by atoms with Gasteiger partial charge in [0, 0.05) is 13.2 Å². The molecule has 0 unspecified atom stereocenters. The van der Waals surface area contributed by atoms with Crippen LogP contribution in [0.4, 0.5) is 5.82 Å². The molecule has 8 nitrogen and oxygen atoms in total. The number of nitrogens with zero attached hydrogens (tertiary/aromatic N) is 5. The molecule has 0 saturated heterocycles. The van der Waals surface area contributed by atoms with E-state index in [9.17, 15) is 4.79 Å². The summed E-state index contributed by atoms with van der Waals surface area (Å²) in [6.45, 7) is 2.37. The Hall–Kier alpha value is -2.51. The molecule has 0 aliphatic rings. The van der Waals surface area contributed by atoms with Crippen molar-refractivity contribution in [1.29, 1.82) is 0 Å². The predicted octanol–water partition coefficient (Wildman–Crippen LogP) is 0.185. The maximum atomic E-state index is 11.9. The second-order valence-electron chi connectivity index (χ2n) is 3.73. The quantitative estimate of drug-likeness (QED) is 0.826. The SMILES string of the molecule is CCOc1cccnc1NC(=O)Cc1nnnn1C. The van der Waals surface area contributed by atoms with Crippen molar-refractivity contribution >= 4 is 11.7 Å². The highest BCUT2D eigenvalue weighted by Crippen LogP contribution is 2.20. The summed E-state index contributed by atoms with van der Waals surface area (Å²) in [6.07, 6.45) is 1.66. The molecule has 19 heavy (non-hydrogen) atoms. The van der Waals surface area contributed by atoms with Crippen LogP contribution in [-0.4, -0.2) is 37.7 Å². The highest BCUT2D eigenvalue weighted by atomic mass is 16.5. The molecular weight excluding hydrogens is 248 g/mol. The van der Waals surface area contributed by atoms with Gasteiger partial charge in [-0.25, -0.2) is 9.67 Å². The second-order valence-corrected chi connectivity index (χ2v) is 3.73. The number of ether oxygens (including phenoxy) is 1. The summed E-state index contributed by atoms with van der Waals surface area (Å²) < 4.78 is 6.82. The van der Waals surface area contributed by atoms with Crippen LogP contribution in [0.15, 0.2) is 18.3 Å². The van der Waals surface area contributed by atoms with Gasteiger partial charge in [-0.05, 0) is 29.5 Å². The van der Waals surface area contributed by atoms with E-state index in [0.717, 1.165) is 0 Å². The Balaban J connectivity index is 2.05. The van der Waals surface area contributed by atoms with Crippen LogP contribution in [-0.2, 0) is 18.3 Å². The minimum Gasteiger partial charge on any atom is -0.490 e. The lowest BCUT2D eigenvalue weighted by Gasteiger charge is -2.09. The van der Waals surface area contributed by atoms with Crippen LogP contribution in [0.2, 0.25) is 0 Å². The third kappa shape index (κ3) is 3.24. The normalized spacial score (nSPS) is 10.2. The molecule has 0 radical (unpaired) electrons. The maximum absolute atomic E-state index is 11.9. The van der Waals surface area contributed by atoms with Gasteiger partial charge in [-0.3, -0.25) is 4.79 Å². The van der Waals surface area contributed by atoms with E-state index in [2.05, 4.69) is 25.8 Å². The number of anilines is 1. The largest absolute Gasteiger partial charge is 0.490 e. The number of aromatic nitrogens is 5. The molecule has 0 fully saturated rings. The van der Waals surface area contributed by atoms with Gasteiger partial charge >= 0.3 is 0 Å². The van der Waals surface area contributed by atoms with Crippen molar-refractivity contribution in [1.82, 2.24) is 25.2 Å². The van der Waals surface area contributed by atoms with Gasteiger partial charge in [-0.1, -0.05) is 0 Å². The van der Waals surface area contributed by atoms with Crippen LogP contribution >= 0.6 is 0 Å². The van der Waals surface area contributed by atoms with Crippen LogP contribution in [0.1, 0.15) is 12.7 Å². The molecule has 1 amide bonds. The number of nitrogens with one attached hydrogen (secondary N) is 1. The van der Waals surface area contributed by atoms with E-state index >= 15 is 0 Å². The highest BCUT2D eigenvalue weighted by molar-refractivity contribution is 5.92. The van der Waals surface area contributed by atoms with Crippen LogP contribution < -0.4 is 10.1 Å². The summed E-state index contributed by atoms with van der Waals surface area (Å²) in [6, 6.07) is 3.49. The number of carbonyl (C=O) groups is 1. The maximum Gasteiger partial charge on any atom is 0.233 e. The fourth-order valence-electron chi connectivity index (χ4n) is 1.47. The van der Waals surface area contributed by atoms with Crippen molar-refractivity contribution in [3.05, 3.63) is 24.2 Å². The first-order valence-electron chi connectivity index (χ1n) is 5.79. The first kappa shape index (κ1) is 12.9. The molecule has 8 heteroatoms. The monoisotopic (exact) mass is 262 g/mol. The summed E-state index contributed by atoms with van der Waals surface area (Å²) in [7, 11) is 1.68. The molecule has 100 valence electrons. The molecule has 0 bridgehead atoms. The summed E-state index contributed by atoms with van der Waals surface area (Å²) in [5.74, 6) is 1.16. The minimum atomic E-state index is -0.252. The van der Waals surface area contributed by atoms with Gasteiger partial charge in [0.15, 0.2) is 17.4 Å². The lowest BCUT2D eigenvalue weighted by Crippen LogP contribution is -2.18. The molecule has 2 heterocycles. The zero-order valence-electron chi connectivity index (χ0n) is 10.7. The van der Waals surface area contributed by atoms with Crippen molar-refractivity contribution in [2.24, 2.45) is 7.05 Å². The van der Waals surface area contributed by atoms with E-state index in [1.54, 1.807) is 25.4 Å². The standard InChI is InChI=1S/C11H14N6O2/c1-3-19-8-5-4-6-12-11(8)13-10(18)7-9-14-15-16-17(9)2/h4-6H,3,7H2,1-2H3,(H,12,13,18). The number of amides is 1. The van der Waals surface area contributed by atoms with Crippen molar-refractivity contribution < 1.29 is 9.53 Å². The van der Waals surface area contributed by atoms with E-state index in [-0.39, 0.29) is 12.3 Å². The zero-order valence-corrected chi connectivity index (χ0v) is 10.7. The molecule has 2 aromatic rings. The van der Waals surface area contributed by atoms with E-state index < -0.39 is 0 Å². The van der Waals surface area contributed by atoms with Crippen molar-refractivity contribution in [3.8, 4) is 5.75 Å². The lowest BCUT2D eigenvalue weighted by molar-refractivity contribution is -0.115. The first-order valence-corrected chi connectivity index (χ1v) is 5.79. The molecule has 1 N–H and O–H groups in total. The Bertz CT molecular complexity index is 568. The average molecular weight is 262 g/mol. The van der Waals surface area contributed by atoms with Gasteiger partial charge in [0.2, 0.25) is 5.91 Å². The van der Waals surface area contributed by atoms with Crippen molar-refractivity contribution in [3.63, 3.8) is 0 Å². The third-order valence-corrected chi connectivity index (χ3v) is 2.35. The van der Waals surface area contributed by atoms with Gasteiger partial charge in [0.25, 0.3) is 0 Å². The van der Waals surface area contributed by atoms with Crippen LogP contribution in [0.25, 0.3) is 0 Å². The van der Waals surface area contributed by atoms with Gasteiger partial charge in [0.1, 0.15) is 0 Å². The number of tetrazole rings is 1. The lowest BCUT2D eigenvalue weighted by atomic mass is 10.3. The first-order chi connectivity index (χ1) is 9.20. The third-order valence-electron chi connectivity index (χ3n) is 2.35. The van der Waals surface area contributed by atoms with Crippen molar-refractivity contribution in [2.45, 2.75) is 13.3 Å². The fourth-order valence-corrected chi connectivity index (χ4v) is 1.47. The Morgan fingerprint density at radius 1 is 1.53 bits per heavy atom. The number of pyridine rings is 1. The molecule has 0 spiro atoms. The van der Waals surface area contributed by atoms with E-state index in [4.69, 9.17) is 4.74 Å². The number of rotatable bonds is 5. The summed E-state index contributed by atoms with van der Waals surface area (Å²) in [4.78, 5) is 15.9. The second kappa shape index (κ2) is 5.89. The molecule has 0 saturated carbocycles. The van der Waals surface area contributed by atoms with Gasteiger partial charge in [-0.2, -0.15) is 0 Å². The minimum absolute atomic E-state index is 0.0750. The topological polar surface area (TPSA) is 94.8 Å². The van der Waals surface area contributed by atoms with E-state index in [1.165, 1.54) is 4.68 Å². The van der Waals surface area contributed by atoms with Gasteiger partial charge in [0.05, 0.1) is 13.0 Å². The predicted molar refractivity (Wildman–Crippen MR) is 66.5 cm³/mol. The average Bonchev–Trinajstić information content (AvgIpc) is 2.78. The van der Waals surface area contributed by atoms with Crippen LogP contribution in [0.5, 0.6) is 5.75 Å². The van der Waals surface area contributed by atoms with Gasteiger partial charge < -0.3 is 10.1 Å². The van der Waals surface area contributed by atoms with E-state index in [0.29, 0.717) is 24.0 Å². The van der Waals surface area contributed by atoms with Crippen molar-refractivity contribution in [2.75, 3.05) is 11.9 Å². The van der Waals surface area contributed by atoms with Crippen LogP contribution in [0.3, 0.4) is 0 Å². The Kier molecular flexibility index (Phi) is 4.01. The Morgan fingerprint density at radius 3 is 3.05 bits per heavy atom. The highest BCUT2D eigenvalue weighted by Gasteiger charge is 2.12. The summed E-state index contributed by atoms with van der Waals surface area (Å²) in [5.41, 5.74) is 0. The Morgan fingerprint density at radius 2 is 2.37 bits per heavy atom. The zero-order chi connectivity index (χ0) is 13.7. The number of hydrogen-bond donors (Lipinski definition) is 1. The molecular formula is C11H14N6O2. The molecule has 2 rings (SSSR count). The molecule has 2 aromatic heterocycles.